The lowest BCUT2D eigenvalue weighted by Gasteiger charge is -2.14. The van der Waals surface area contributed by atoms with E-state index in [4.69, 9.17) is 23.2 Å². The maximum Gasteiger partial charge on any atom is 0.389 e. The summed E-state index contributed by atoms with van der Waals surface area (Å²) < 4.78 is 39.1. The van der Waals surface area contributed by atoms with Crippen LogP contribution < -0.4 is 5.32 Å². The van der Waals surface area contributed by atoms with Gasteiger partial charge in [-0.2, -0.15) is 23.1 Å². The van der Waals surface area contributed by atoms with Crippen molar-refractivity contribution in [3.63, 3.8) is 0 Å². The Bertz CT molecular complexity index is 1840. The average Bonchev–Trinajstić information content (AvgIpc) is 3.63. The molecule has 0 saturated heterocycles. The first-order valence-electron chi connectivity index (χ1n) is 13.6. The number of rotatable bonds is 11. The monoisotopic (exact) mass is 656 g/mol. The van der Waals surface area contributed by atoms with Crippen molar-refractivity contribution in [2.24, 2.45) is 0 Å². The van der Waals surface area contributed by atoms with E-state index in [9.17, 15) is 22.8 Å². The number of amides is 1. The number of aryl methyl sites for hydroxylation is 2. The number of carbonyl (C=O) groups is 2. The molecule has 5 aromatic rings. The van der Waals surface area contributed by atoms with Gasteiger partial charge in [0, 0.05) is 36.2 Å². The van der Waals surface area contributed by atoms with E-state index in [0.29, 0.717) is 21.8 Å². The third kappa shape index (κ3) is 8.11. The number of nitrogens with zero attached hydrogens (tertiary/aromatic N) is 7. The molecular formula is C30H25Cl2F3N8O2. The molecule has 45 heavy (non-hydrogen) atoms. The Kier molecular flexibility index (Phi) is 9.59. The smallest absolute Gasteiger partial charge is 0.348 e. The van der Waals surface area contributed by atoms with E-state index in [-0.39, 0.29) is 47.4 Å². The number of hydrogen-bond donors (Lipinski definition) is 1. The Morgan fingerprint density at radius 3 is 2.51 bits per heavy atom. The zero-order chi connectivity index (χ0) is 32.1. The Morgan fingerprint density at radius 1 is 1.00 bits per heavy atom. The highest BCUT2D eigenvalue weighted by Crippen LogP contribution is 2.25. The molecule has 3 heterocycles. The van der Waals surface area contributed by atoms with Gasteiger partial charge in [0.25, 0.3) is 5.91 Å². The number of ketones is 1. The van der Waals surface area contributed by atoms with Gasteiger partial charge in [-0.25, -0.2) is 9.67 Å². The van der Waals surface area contributed by atoms with Crippen LogP contribution in [0.25, 0.3) is 5.82 Å². The number of aromatic nitrogens is 7. The lowest BCUT2D eigenvalue weighted by Crippen LogP contribution is -2.25. The predicted molar refractivity (Wildman–Crippen MR) is 159 cm³/mol. The molecule has 0 fully saturated rings. The molecule has 5 rings (SSSR count). The van der Waals surface area contributed by atoms with E-state index >= 15 is 0 Å². The van der Waals surface area contributed by atoms with Gasteiger partial charge in [0.2, 0.25) is 0 Å². The molecule has 232 valence electrons. The van der Waals surface area contributed by atoms with Crippen molar-refractivity contribution in [2.45, 2.75) is 45.5 Å². The molecule has 0 aliphatic rings. The maximum absolute atomic E-state index is 13.9. The van der Waals surface area contributed by atoms with Crippen LogP contribution in [0.15, 0.2) is 66.9 Å². The number of pyridine rings is 1. The molecule has 1 N–H and O–H groups in total. The molecular weight excluding hydrogens is 632 g/mol. The fourth-order valence-electron chi connectivity index (χ4n) is 4.58. The highest BCUT2D eigenvalue weighted by Gasteiger charge is 2.28. The van der Waals surface area contributed by atoms with E-state index in [0.717, 1.165) is 10.4 Å². The van der Waals surface area contributed by atoms with Crippen LogP contribution in [0.1, 0.15) is 55.5 Å². The molecule has 0 saturated carbocycles. The molecule has 2 aromatic carbocycles. The summed E-state index contributed by atoms with van der Waals surface area (Å²) >= 11 is 12.7. The zero-order valence-corrected chi connectivity index (χ0v) is 25.2. The Hall–Kier alpha value is -4.62. The van der Waals surface area contributed by atoms with Crippen LogP contribution in [0, 0.1) is 6.92 Å². The summed E-state index contributed by atoms with van der Waals surface area (Å²) in [4.78, 5) is 32.6. The minimum absolute atomic E-state index is 0.0767. The van der Waals surface area contributed by atoms with Crippen LogP contribution in [-0.4, -0.2) is 52.8 Å². The number of alkyl halides is 3. The Morgan fingerprint density at radius 2 is 1.78 bits per heavy atom. The van der Waals surface area contributed by atoms with Gasteiger partial charge in [-0.3, -0.25) is 9.59 Å². The molecule has 0 atom stereocenters. The summed E-state index contributed by atoms with van der Waals surface area (Å²) in [5.41, 5.74) is 2.68. The van der Waals surface area contributed by atoms with E-state index in [1.807, 2.05) is 30.3 Å². The highest BCUT2D eigenvalue weighted by atomic mass is 35.5. The third-order valence-corrected chi connectivity index (χ3v) is 7.24. The van der Waals surface area contributed by atoms with Gasteiger partial charge in [-0.1, -0.05) is 53.5 Å². The second-order valence-electron chi connectivity index (χ2n) is 10.1. The molecule has 0 spiro atoms. The van der Waals surface area contributed by atoms with Crippen molar-refractivity contribution >= 4 is 34.9 Å². The van der Waals surface area contributed by atoms with Gasteiger partial charge < -0.3 is 5.32 Å². The number of hydrogen-bond acceptors (Lipinski definition) is 7. The quantitative estimate of drug-likeness (QED) is 0.179. The van der Waals surface area contributed by atoms with Crippen molar-refractivity contribution in [2.75, 3.05) is 0 Å². The molecule has 0 radical (unpaired) electrons. The largest absolute Gasteiger partial charge is 0.389 e. The molecule has 0 aliphatic carbocycles. The minimum atomic E-state index is -4.35. The van der Waals surface area contributed by atoms with E-state index in [1.165, 1.54) is 23.0 Å². The third-order valence-electron chi connectivity index (χ3n) is 6.73. The Labute approximate surface area is 265 Å². The van der Waals surface area contributed by atoms with Crippen LogP contribution in [0.4, 0.5) is 13.2 Å². The van der Waals surface area contributed by atoms with Crippen LogP contribution in [0.2, 0.25) is 10.0 Å². The first-order valence-corrected chi connectivity index (χ1v) is 14.4. The average molecular weight is 657 g/mol. The minimum Gasteiger partial charge on any atom is -0.348 e. The number of tetrazole rings is 1. The van der Waals surface area contributed by atoms with E-state index in [2.05, 4.69) is 30.8 Å². The fourth-order valence-corrected chi connectivity index (χ4v) is 5.05. The van der Waals surface area contributed by atoms with Crippen molar-refractivity contribution < 1.29 is 22.8 Å². The van der Waals surface area contributed by atoms with Crippen LogP contribution >= 0.6 is 23.2 Å². The molecule has 15 heteroatoms. The van der Waals surface area contributed by atoms with Crippen molar-refractivity contribution in [3.05, 3.63) is 116 Å². The number of benzene rings is 2. The molecule has 0 aliphatic heterocycles. The lowest BCUT2D eigenvalue weighted by molar-refractivity contribution is -0.134. The van der Waals surface area contributed by atoms with Crippen LogP contribution in [0.5, 0.6) is 0 Å². The van der Waals surface area contributed by atoms with Gasteiger partial charge in [-0.05, 0) is 59.2 Å². The van der Waals surface area contributed by atoms with Gasteiger partial charge in [0.05, 0.1) is 17.1 Å². The summed E-state index contributed by atoms with van der Waals surface area (Å²) in [6.07, 6.45) is -4.56. The zero-order valence-electron chi connectivity index (χ0n) is 23.7. The summed E-state index contributed by atoms with van der Waals surface area (Å²) in [6.45, 7) is 1.94. The molecule has 0 unspecified atom stereocenters. The number of halogens is 5. The summed E-state index contributed by atoms with van der Waals surface area (Å²) in [7, 11) is 0. The van der Waals surface area contributed by atoms with Crippen molar-refractivity contribution in [1.29, 1.82) is 0 Å². The first kappa shape index (κ1) is 31.8. The van der Waals surface area contributed by atoms with E-state index in [1.54, 1.807) is 25.1 Å². The second kappa shape index (κ2) is 13.6. The highest BCUT2D eigenvalue weighted by molar-refractivity contribution is 6.32. The van der Waals surface area contributed by atoms with Crippen LogP contribution in [-0.2, 0) is 25.9 Å². The summed E-state index contributed by atoms with van der Waals surface area (Å²) in [6, 6.07) is 17.3. The first-order chi connectivity index (χ1) is 21.5. The Balaban J connectivity index is 1.43. The number of nitrogens with one attached hydrogen (secondary N) is 1. The van der Waals surface area contributed by atoms with Gasteiger partial charge >= 0.3 is 6.18 Å². The number of Topliss-reactive ketones (excluding diaryl/α,β-unsaturated/α-hetero) is 1. The molecule has 10 nitrogen and oxygen atoms in total. The maximum atomic E-state index is 13.9. The van der Waals surface area contributed by atoms with Gasteiger partial charge in [0.1, 0.15) is 12.2 Å². The molecule has 3 aromatic heterocycles. The predicted octanol–water partition coefficient (Wildman–Crippen LogP) is 5.77. The molecule has 0 bridgehead atoms. The lowest BCUT2D eigenvalue weighted by atomic mass is 9.95. The standard InChI is InChI=1S/C30H25Cl2F3N8O2/c1-18-12-20(31)13-23(29(45)37-16-19-6-3-2-4-7-19)22(18)15-26(44)25-14-21(39-43(25)28-24(32)8-5-11-36-28)17-42-40-27(38-41-42)9-10-30(33,34)35/h2-8,11-14H,9-10,15-17H2,1H3,(H,37,45). The van der Waals surface area contributed by atoms with E-state index < -0.39 is 30.7 Å². The summed E-state index contributed by atoms with van der Waals surface area (Å²) in [5, 5.41) is 19.4. The van der Waals surface area contributed by atoms with Crippen LogP contribution in [0.3, 0.4) is 0 Å². The van der Waals surface area contributed by atoms with Crippen molar-refractivity contribution in [1.82, 2.24) is 40.3 Å². The molecule has 1 amide bonds. The normalized spacial score (nSPS) is 11.5. The second-order valence-corrected chi connectivity index (χ2v) is 11.0. The number of carbonyl (C=O) groups excluding carboxylic acids is 2. The SMILES string of the molecule is Cc1cc(Cl)cc(C(=O)NCc2ccccc2)c1CC(=O)c1cc(Cn2nnc(CCC(F)(F)F)n2)nn1-c1ncccc1Cl. The fraction of sp³-hybridized carbons (Fsp3) is 0.233. The van der Waals surface area contributed by atoms with Gasteiger partial charge in [0.15, 0.2) is 17.4 Å². The topological polar surface area (TPSA) is 120 Å². The van der Waals surface area contributed by atoms with Crippen molar-refractivity contribution in [3.8, 4) is 5.82 Å². The summed E-state index contributed by atoms with van der Waals surface area (Å²) in [5.74, 6) is -0.699. The van der Waals surface area contributed by atoms with Gasteiger partial charge in [-0.15, -0.1) is 10.2 Å².